The smallest absolute Gasteiger partial charge is 0.348 e. The number of phenols is 2. The van der Waals surface area contributed by atoms with Crippen molar-refractivity contribution in [3.8, 4) is 17.2 Å². The maximum atomic E-state index is 12.1. The molecule has 0 fully saturated rings. The third-order valence-electron chi connectivity index (χ3n) is 4.29. The number of phenolic OH excluding ortho intramolecular Hbond substituents is 2. The average Bonchev–Trinajstić information content (AvgIpc) is 2.72. The van der Waals surface area contributed by atoms with Crippen LogP contribution in [-0.2, 0) is 25.5 Å². The lowest BCUT2D eigenvalue weighted by atomic mass is 9.88. The first kappa shape index (κ1) is 23.2. The molecule has 0 saturated carbocycles. The summed E-state index contributed by atoms with van der Waals surface area (Å²) in [4.78, 5) is 35.4. The maximum absolute atomic E-state index is 12.1. The largest absolute Gasteiger partial charge is 0.508 e. The molecule has 10 heteroatoms. The minimum absolute atomic E-state index is 0.111. The fourth-order valence-electron chi connectivity index (χ4n) is 2.68. The number of ether oxygens (including phenoxy) is 2. The first-order valence-corrected chi connectivity index (χ1v) is 8.79. The van der Waals surface area contributed by atoms with Crippen LogP contribution in [-0.4, -0.2) is 62.3 Å². The van der Waals surface area contributed by atoms with Crippen LogP contribution in [0.4, 0.5) is 0 Å². The fraction of sp³-hybridized carbons (Fsp3) is 0.190. The number of carboxylic acid groups (broad SMARTS) is 2. The Morgan fingerprint density at radius 3 is 2.26 bits per heavy atom. The molecule has 31 heavy (non-hydrogen) atoms. The molecule has 2 aromatic rings. The third kappa shape index (κ3) is 5.73. The Hall–Kier alpha value is -4.05. The van der Waals surface area contributed by atoms with Crippen LogP contribution in [0.5, 0.6) is 17.2 Å². The number of rotatable bonds is 9. The highest BCUT2D eigenvalue weighted by atomic mass is 16.6. The van der Waals surface area contributed by atoms with E-state index < -0.39 is 36.0 Å². The number of carbonyl (C=O) groups excluding carboxylic acids is 1. The molecule has 2 atom stereocenters. The van der Waals surface area contributed by atoms with Crippen LogP contribution in [0.1, 0.15) is 11.1 Å². The van der Waals surface area contributed by atoms with Crippen molar-refractivity contribution >= 4 is 24.0 Å². The topological polar surface area (TPSA) is 171 Å². The molecule has 0 aliphatic carbocycles. The molecule has 0 aliphatic rings. The normalized spacial score (nSPS) is 13.9. The van der Waals surface area contributed by atoms with E-state index in [1.165, 1.54) is 55.7 Å². The number of hydrogen-bond donors (Lipinski definition) is 5. The lowest BCUT2D eigenvalue weighted by molar-refractivity contribution is -0.192. The lowest BCUT2D eigenvalue weighted by Gasteiger charge is -2.29. The van der Waals surface area contributed by atoms with Crippen molar-refractivity contribution in [2.45, 2.75) is 18.1 Å². The van der Waals surface area contributed by atoms with Gasteiger partial charge in [0, 0.05) is 12.5 Å². The van der Waals surface area contributed by atoms with Gasteiger partial charge >= 0.3 is 17.9 Å². The van der Waals surface area contributed by atoms with E-state index in [1.54, 1.807) is 0 Å². The van der Waals surface area contributed by atoms with Crippen molar-refractivity contribution in [2.24, 2.45) is 0 Å². The monoisotopic (exact) mass is 432 g/mol. The molecule has 0 heterocycles. The number of benzene rings is 2. The highest BCUT2D eigenvalue weighted by Gasteiger charge is 2.51. The van der Waals surface area contributed by atoms with E-state index in [0.717, 1.165) is 6.08 Å². The zero-order valence-corrected chi connectivity index (χ0v) is 16.3. The molecule has 10 nitrogen and oxygen atoms in total. The number of esters is 1. The number of methoxy groups -OCH3 is 1. The molecule has 0 aromatic heterocycles. The summed E-state index contributed by atoms with van der Waals surface area (Å²) in [5, 5.41) is 48.3. The van der Waals surface area contributed by atoms with Crippen molar-refractivity contribution in [1.29, 1.82) is 0 Å². The summed E-state index contributed by atoms with van der Waals surface area (Å²) in [7, 11) is 1.33. The molecule has 0 radical (unpaired) electrons. The quantitative estimate of drug-likeness (QED) is 0.286. The summed E-state index contributed by atoms with van der Waals surface area (Å²) in [6, 6.07) is 9.19. The highest BCUT2D eigenvalue weighted by molar-refractivity contribution is 5.93. The molecular weight excluding hydrogens is 412 g/mol. The average molecular weight is 432 g/mol. The van der Waals surface area contributed by atoms with E-state index >= 15 is 0 Å². The number of hydrogen-bond acceptors (Lipinski definition) is 8. The van der Waals surface area contributed by atoms with Crippen LogP contribution in [0, 0.1) is 0 Å². The molecule has 2 rings (SSSR count). The standard InChI is InChI=1S/C21H20O10/c1-30-16-10-12(4-8-15(16)23)5-9-17(24)31-18(19(25)26)21(29,20(27)28)11-13-2-6-14(22)7-3-13/h2-10,18,22-23,29H,11H2,1H3,(H,25,26)(H,27,28)/b9-5+. The highest BCUT2D eigenvalue weighted by Crippen LogP contribution is 2.27. The van der Waals surface area contributed by atoms with E-state index in [-0.39, 0.29) is 22.8 Å². The third-order valence-corrected chi connectivity index (χ3v) is 4.29. The van der Waals surface area contributed by atoms with Gasteiger partial charge in [0.1, 0.15) is 5.75 Å². The SMILES string of the molecule is COc1cc(/C=C/C(=O)OC(C(=O)O)C(O)(Cc2ccc(O)cc2)C(=O)O)ccc1O. The van der Waals surface area contributed by atoms with Crippen LogP contribution in [0.25, 0.3) is 6.08 Å². The van der Waals surface area contributed by atoms with Crippen molar-refractivity contribution in [3.05, 3.63) is 59.7 Å². The van der Waals surface area contributed by atoms with Gasteiger partial charge in [0.25, 0.3) is 0 Å². The molecule has 2 unspecified atom stereocenters. The number of carbonyl (C=O) groups is 3. The summed E-state index contributed by atoms with van der Waals surface area (Å²) < 4.78 is 9.68. The number of aromatic hydroxyl groups is 2. The van der Waals surface area contributed by atoms with Gasteiger partial charge < -0.3 is 35.0 Å². The van der Waals surface area contributed by atoms with E-state index in [9.17, 15) is 39.9 Å². The molecule has 0 aliphatic heterocycles. The summed E-state index contributed by atoms with van der Waals surface area (Å²) in [6.07, 6.45) is -1.07. The predicted octanol–water partition coefficient (Wildman–Crippen LogP) is 1.17. The fourth-order valence-corrected chi connectivity index (χ4v) is 2.68. The van der Waals surface area contributed by atoms with Gasteiger partial charge in [-0.3, -0.25) is 0 Å². The predicted molar refractivity (Wildman–Crippen MR) is 106 cm³/mol. The summed E-state index contributed by atoms with van der Waals surface area (Å²) in [5.74, 6) is -5.10. The van der Waals surface area contributed by atoms with Gasteiger partial charge in [-0.2, -0.15) is 0 Å². The Morgan fingerprint density at radius 1 is 1.06 bits per heavy atom. The van der Waals surface area contributed by atoms with Gasteiger partial charge in [0.05, 0.1) is 7.11 Å². The van der Waals surface area contributed by atoms with Crippen LogP contribution in [0.2, 0.25) is 0 Å². The van der Waals surface area contributed by atoms with Gasteiger partial charge in [-0.25, -0.2) is 14.4 Å². The second-order valence-electron chi connectivity index (χ2n) is 6.49. The minimum atomic E-state index is -2.98. The Labute approximate surface area is 176 Å². The number of aliphatic hydroxyl groups is 1. The van der Waals surface area contributed by atoms with Gasteiger partial charge in [0.15, 0.2) is 11.5 Å². The maximum Gasteiger partial charge on any atom is 0.348 e. The zero-order chi connectivity index (χ0) is 23.2. The molecule has 0 amide bonds. The Balaban J connectivity index is 2.24. The van der Waals surface area contributed by atoms with E-state index in [1.807, 2.05) is 0 Å². The molecule has 0 spiro atoms. The summed E-state index contributed by atoms with van der Waals surface area (Å²) in [6.45, 7) is 0. The minimum Gasteiger partial charge on any atom is -0.508 e. The summed E-state index contributed by atoms with van der Waals surface area (Å²) in [5.41, 5.74) is -2.39. The van der Waals surface area contributed by atoms with Crippen LogP contribution in [0.3, 0.4) is 0 Å². The molecule has 2 aromatic carbocycles. The zero-order valence-electron chi connectivity index (χ0n) is 16.3. The van der Waals surface area contributed by atoms with Crippen molar-refractivity contribution in [3.63, 3.8) is 0 Å². The van der Waals surface area contributed by atoms with Crippen molar-refractivity contribution < 1.29 is 49.4 Å². The number of aliphatic carboxylic acids is 2. The molecule has 5 N–H and O–H groups in total. The first-order valence-electron chi connectivity index (χ1n) is 8.79. The van der Waals surface area contributed by atoms with E-state index in [4.69, 9.17) is 9.47 Å². The second-order valence-corrected chi connectivity index (χ2v) is 6.49. The summed E-state index contributed by atoms with van der Waals surface area (Å²) >= 11 is 0. The van der Waals surface area contributed by atoms with Crippen LogP contribution < -0.4 is 4.74 Å². The van der Waals surface area contributed by atoms with Gasteiger partial charge in [-0.15, -0.1) is 0 Å². The van der Waals surface area contributed by atoms with E-state index in [2.05, 4.69) is 0 Å². The van der Waals surface area contributed by atoms with Gasteiger partial charge in [0.2, 0.25) is 11.7 Å². The molecule has 0 saturated heterocycles. The van der Waals surface area contributed by atoms with E-state index in [0.29, 0.717) is 5.56 Å². The Morgan fingerprint density at radius 2 is 1.71 bits per heavy atom. The molecule has 164 valence electrons. The number of carboxylic acids is 2. The Bertz CT molecular complexity index is 996. The molecule has 0 bridgehead atoms. The Kier molecular flexibility index (Phi) is 7.22. The van der Waals surface area contributed by atoms with Crippen LogP contribution in [0.15, 0.2) is 48.5 Å². The van der Waals surface area contributed by atoms with Gasteiger partial charge in [-0.1, -0.05) is 18.2 Å². The molecular formula is C21H20O10. The first-order chi connectivity index (χ1) is 14.6. The van der Waals surface area contributed by atoms with Gasteiger partial charge in [-0.05, 0) is 41.5 Å². The van der Waals surface area contributed by atoms with Crippen LogP contribution >= 0.6 is 0 Å². The van der Waals surface area contributed by atoms with Crippen molar-refractivity contribution in [1.82, 2.24) is 0 Å². The second kappa shape index (κ2) is 9.63. The van der Waals surface area contributed by atoms with Crippen molar-refractivity contribution in [2.75, 3.05) is 7.11 Å². The lowest BCUT2D eigenvalue weighted by Crippen LogP contribution is -2.56.